The number of nitrogens with one attached hydrogen (secondary N) is 1. The van der Waals surface area contributed by atoms with Gasteiger partial charge in [-0.15, -0.1) is 11.3 Å². The zero-order valence-electron chi connectivity index (χ0n) is 10.00. The van der Waals surface area contributed by atoms with Gasteiger partial charge in [-0.1, -0.05) is 0 Å². The number of aromatic nitrogens is 3. The number of carbonyl (C=O) groups is 1. The Labute approximate surface area is 109 Å². The fourth-order valence-corrected chi connectivity index (χ4v) is 2.07. The van der Waals surface area contributed by atoms with Gasteiger partial charge in [-0.25, -0.2) is 14.8 Å². The number of nitrogens with zero attached hydrogens (tertiary/aromatic N) is 3. The van der Waals surface area contributed by atoms with Crippen LogP contribution in [0.15, 0.2) is 24.1 Å². The monoisotopic (exact) mass is 266 g/mol. The molecule has 2 aromatic rings. The van der Waals surface area contributed by atoms with Gasteiger partial charge in [0.05, 0.1) is 12.9 Å². The third-order valence-corrected chi connectivity index (χ3v) is 2.99. The van der Waals surface area contributed by atoms with Gasteiger partial charge in [0.25, 0.3) is 0 Å². The molecule has 1 N–H and O–H groups in total. The zero-order chi connectivity index (χ0) is 12.8. The molecule has 0 aliphatic rings. The minimum absolute atomic E-state index is 0.354. The number of carbonyl (C=O) groups excluding carboxylic acids is 1. The molecule has 0 aliphatic heterocycles. The summed E-state index contributed by atoms with van der Waals surface area (Å²) < 4.78 is 6.83. The molecule has 96 valence electrons. The second kappa shape index (κ2) is 6.15. The number of ether oxygens (including phenoxy) is 1. The van der Waals surface area contributed by atoms with Crippen molar-refractivity contribution in [2.24, 2.45) is 0 Å². The van der Waals surface area contributed by atoms with Crippen molar-refractivity contribution in [2.45, 2.75) is 13.5 Å². The summed E-state index contributed by atoms with van der Waals surface area (Å²) >= 11 is 1.39. The highest BCUT2D eigenvalue weighted by Crippen LogP contribution is 2.15. The lowest BCUT2D eigenvalue weighted by Gasteiger charge is -2.02. The first-order chi connectivity index (χ1) is 8.79. The van der Waals surface area contributed by atoms with E-state index in [0.29, 0.717) is 12.3 Å². The van der Waals surface area contributed by atoms with Crippen molar-refractivity contribution in [3.8, 4) is 0 Å². The summed E-state index contributed by atoms with van der Waals surface area (Å²) in [6.07, 6.45) is 5.39. The van der Waals surface area contributed by atoms with Crippen LogP contribution in [-0.2, 0) is 11.3 Å². The van der Waals surface area contributed by atoms with E-state index in [0.717, 1.165) is 18.2 Å². The number of imidazole rings is 1. The molecule has 0 saturated carbocycles. The molecule has 18 heavy (non-hydrogen) atoms. The number of esters is 1. The molecule has 0 bridgehead atoms. The van der Waals surface area contributed by atoms with Crippen LogP contribution in [0.4, 0.5) is 5.13 Å². The summed E-state index contributed by atoms with van der Waals surface area (Å²) in [5.41, 5.74) is 0.354. The van der Waals surface area contributed by atoms with Gasteiger partial charge in [0.15, 0.2) is 10.8 Å². The fourth-order valence-electron chi connectivity index (χ4n) is 1.36. The molecule has 0 atom stereocenters. The molecule has 0 amide bonds. The van der Waals surface area contributed by atoms with E-state index in [-0.39, 0.29) is 5.97 Å². The maximum atomic E-state index is 11.4. The van der Waals surface area contributed by atoms with Crippen LogP contribution in [0.25, 0.3) is 0 Å². The molecule has 0 saturated heterocycles. The van der Waals surface area contributed by atoms with E-state index in [4.69, 9.17) is 4.74 Å². The van der Waals surface area contributed by atoms with Crippen LogP contribution < -0.4 is 5.32 Å². The molecular weight excluding hydrogens is 252 g/mol. The highest BCUT2D eigenvalue weighted by Gasteiger charge is 2.10. The second-order valence-corrected chi connectivity index (χ2v) is 4.34. The van der Waals surface area contributed by atoms with Crippen LogP contribution in [0.3, 0.4) is 0 Å². The van der Waals surface area contributed by atoms with E-state index in [1.807, 2.05) is 10.8 Å². The Morgan fingerprint density at radius 3 is 3.22 bits per heavy atom. The molecule has 0 aromatic carbocycles. The van der Waals surface area contributed by atoms with Gasteiger partial charge in [0.1, 0.15) is 0 Å². The van der Waals surface area contributed by atoms with E-state index in [2.05, 4.69) is 15.3 Å². The van der Waals surface area contributed by atoms with Crippen molar-refractivity contribution in [3.05, 3.63) is 29.8 Å². The van der Waals surface area contributed by atoms with Crippen LogP contribution in [0.2, 0.25) is 0 Å². The highest BCUT2D eigenvalue weighted by molar-refractivity contribution is 7.13. The largest absolute Gasteiger partial charge is 0.461 e. The Kier molecular flexibility index (Phi) is 4.30. The smallest absolute Gasteiger partial charge is 0.357 e. The maximum Gasteiger partial charge on any atom is 0.357 e. The quantitative estimate of drug-likeness (QED) is 0.805. The van der Waals surface area contributed by atoms with Crippen LogP contribution in [0.5, 0.6) is 0 Å². The molecule has 0 aliphatic carbocycles. The summed E-state index contributed by atoms with van der Waals surface area (Å²) in [5, 5.41) is 5.56. The molecule has 0 fully saturated rings. The molecule has 2 heterocycles. The van der Waals surface area contributed by atoms with Gasteiger partial charge in [0.2, 0.25) is 0 Å². The summed E-state index contributed by atoms with van der Waals surface area (Å²) in [5.74, 6) is -0.378. The van der Waals surface area contributed by atoms with Gasteiger partial charge in [-0.2, -0.15) is 0 Å². The molecule has 2 aromatic heterocycles. The van der Waals surface area contributed by atoms with Crippen molar-refractivity contribution < 1.29 is 9.53 Å². The Balaban J connectivity index is 1.81. The molecule has 0 spiro atoms. The predicted molar refractivity (Wildman–Crippen MR) is 68.8 cm³/mol. The summed E-state index contributed by atoms with van der Waals surface area (Å²) in [7, 11) is 0. The summed E-state index contributed by atoms with van der Waals surface area (Å²) in [6.45, 7) is 3.66. The van der Waals surface area contributed by atoms with Crippen molar-refractivity contribution in [2.75, 3.05) is 18.5 Å². The molecule has 7 heteroatoms. The standard InChI is InChI=1S/C11H14N4O2S/c1-2-17-10(16)9-7-18-11(14-9)13-4-6-15-5-3-12-8-15/h3,5,7-8H,2,4,6H2,1H3,(H,13,14). The van der Waals surface area contributed by atoms with Gasteiger partial charge >= 0.3 is 5.97 Å². The van der Waals surface area contributed by atoms with Gasteiger partial charge in [-0.3, -0.25) is 0 Å². The molecule has 2 rings (SSSR count). The highest BCUT2D eigenvalue weighted by atomic mass is 32.1. The van der Waals surface area contributed by atoms with Gasteiger partial charge < -0.3 is 14.6 Å². The Bertz CT molecular complexity index is 495. The number of hydrogen-bond acceptors (Lipinski definition) is 6. The third-order valence-electron chi connectivity index (χ3n) is 2.19. The number of thiazole rings is 1. The van der Waals surface area contributed by atoms with Gasteiger partial charge in [0, 0.05) is 30.9 Å². The SMILES string of the molecule is CCOC(=O)c1csc(NCCn2ccnc2)n1. The van der Waals surface area contributed by atoms with E-state index in [9.17, 15) is 4.79 Å². The van der Waals surface area contributed by atoms with Crippen LogP contribution in [0, 0.1) is 0 Å². The van der Waals surface area contributed by atoms with Gasteiger partial charge in [-0.05, 0) is 6.92 Å². The Morgan fingerprint density at radius 2 is 2.50 bits per heavy atom. The Hall–Kier alpha value is -1.89. The number of rotatable bonds is 6. The van der Waals surface area contributed by atoms with Crippen molar-refractivity contribution in [1.29, 1.82) is 0 Å². The van der Waals surface area contributed by atoms with E-state index in [1.165, 1.54) is 11.3 Å². The molecular formula is C11H14N4O2S. The first-order valence-electron chi connectivity index (χ1n) is 5.62. The van der Waals surface area contributed by atoms with Crippen LogP contribution >= 0.6 is 11.3 Å². The lowest BCUT2D eigenvalue weighted by molar-refractivity contribution is 0.0520. The first-order valence-corrected chi connectivity index (χ1v) is 6.50. The summed E-state index contributed by atoms with van der Waals surface area (Å²) in [6, 6.07) is 0. The van der Waals surface area contributed by atoms with E-state index in [1.54, 1.807) is 24.8 Å². The molecule has 6 nitrogen and oxygen atoms in total. The normalized spacial score (nSPS) is 10.3. The topological polar surface area (TPSA) is 69.0 Å². The number of hydrogen-bond donors (Lipinski definition) is 1. The second-order valence-electron chi connectivity index (χ2n) is 3.49. The maximum absolute atomic E-state index is 11.4. The van der Waals surface area contributed by atoms with Crippen molar-refractivity contribution in [1.82, 2.24) is 14.5 Å². The summed E-state index contributed by atoms with van der Waals surface area (Å²) in [4.78, 5) is 19.5. The van der Waals surface area contributed by atoms with E-state index < -0.39 is 0 Å². The third kappa shape index (κ3) is 3.30. The van der Waals surface area contributed by atoms with Crippen LogP contribution in [0.1, 0.15) is 17.4 Å². The first kappa shape index (κ1) is 12.6. The average molecular weight is 266 g/mol. The fraction of sp³-hybridized carbons (Fsp3) is 0.364. The zero-order valence-corrected chi connectivity index (χ0v) is 10.8. The minimum atomic E-state index is -0.378. The van der Waals surface area contributed by atoms with Crippen LogP contribution in [-0.4, -0.2) is 33.7 Å². The van der Waals surface area contributed by atoms with Crippen molar-refractivity contribution >= 4 is 22.4 Å². The predicted octanol–water partition coefficient (Wildman–Crippen LogP) is 1.63. The lowest BCUT2D eigenvalue weighted by atomic mass is 10.5. The average Bonchev–Trinajstić information content (AvgIpc) is 3.00. The molecule has 0 radical (unpaired) electrons. The van der Waals surface area contributed by atoms with Crippen molar-refractivity contribution in [3.63, 3.8) is 0 Å². The Morgan fingerprint density at radius 1 is 1.61 bits per heavy atom. The van der Waals surface area contributed by atoms with E-state index >= 15 is 0 Å². The molecule has 0 unspecified atom stereocenters. The number of anilines is 1. The minimum Gasteiger partial charge on any atom is -0.461 e. The lowest BCUT2D eigenvalue weighted by Crippen LogP contribution is -2.10.